The van der Waals surface area contributed by atoms with Gasteiger partial charge in [0.15, 0.2) is 0 Å². The van der Waals surface area contributed by atoms with Gasteiger partial charge in [-0.25, -0.2) is 0 Å². The molecule has 0 atom stereocenters. The second-order valence-electron chi connectivity index (χ2n) is 4.42. The number of phenolic OH excluding ortho intramolecular Hbond substituents is 1. The molecule has 2 aromatic carbocycles. The van der Waals surface area contributed by atoms with E-state index in [0.717, 1.165) is 0 Å². The zero-order valence-electron chi connectivity index (χ0n) is 10.8. The summed E-state index contributed by atoms with van der Waals surface area (Å²) in [5.74, 6) is 0.0510. The Labute approximate surface area is 130 Å². The molecule has 3 nitrogen and oxygen atoms in total. The summed E-state index contributed by atoms with van der Waals surface area (Å²) >= 11 is 9.21. The first-order valence-corrected chi connectivity index (χ1v) is 7.13. The van der Waals surface area contributed by atoms with E-state index in [4.69, 9.17) is 11.6 Å². The van der Waals surface area contributed by atoms with Gasteiger partial charge in [0.25, 0.3) is 5.91 Å². The van der Waals surface area contributed by atoms with E-state index in [2.05, 4.69) is 15.9 Å². The van der Waals surface area contributed by atoms with Gasteiger partial charge in [0, 0.05) is 29.2 Å². The highest BCUT2D eigenvalue weighted by Gasteiger charge is 2.14. The Bertz CT molecular complexity index is 646. The molecule has 2 rings (SSSR count). The first-order valence-electron chi connectivity index (χ1n) is 5.96. The number of phenols is 1. The number of hydrogen-bond acceptors (Lipinski definition) is 2. The summed E-state index contributed by atoms with van der Waals surface area (Å²) < 4.78 is 0.681. The fourth-order valence-corrected chi connectivity index (χ4v) is 2.32. The minimum absolute atomic E-state index is 0.134. The molecule has 0 fully saturated rings. The Morgan fingerprint density at radius 1 is 1.30 bits per heavy atom. The van der Waals surface area contributed by atoms with Crippen molar-refractivity contribution in [2.75, 3.05) is 7.05 Å². The molecule has 20 heavy (non-hydrogen) atoms. The summed E-state index contributed by atoms with van der Waals surface area (Å²) in [6.45, 7) is 0.339. The van der Waals surface area contributed by atoms with Gasteiger partial charge in [0.2, 0.25) is 0 Å². The third-order valence-electron chi connectivity index (χ3n) is 2.91. The van der Waals surface area contributed by atoms with Crippen LogP contribution in [0, 0.1) is 0 Å². The zero-order valence-corrected chi connectivity index (χ0v) is 13.1. The van der Waals surface area contributed by atoms with Crippen LogP contribution in [0.4, 0.5) is 0 Å². The van der Waals surface area contributed by atoms with Gasteiger partial charge in [-0.2, -0.15) is 0 Å². The number of amides is 1. The Morgan fingerprint density at radius 3 is 2.65 bits per heavy atom. The van der Waals surface area contributed by atoms with Crippen LogP contribution in [0.2, 0.25) is 5.02 Å². The summed E-state index contributed by atoms with van der Waals surface area (Å²) in [6.07, 6.45) is 0. The normalized spacial score (nSPS) is 10.3. The van der Waals surface area contributed by atoms with Crippen molar-refractivity contribution >= 4 is 33.4 Å². The van der Waals surface area contributed by atoms with Crippen molar-refractivity contribution in [2.45, 2.75) is 6.54 Å². The average molecular weight is 355 g/mol. The molecular formula is C15H13BrClNO2. The van der Waals surface area contributed by atoms with Crippen LogP contribution < -0.4 is 0 Å². The molecule has 1 amide bonds. The molecule has 0 heterocycles. The van der Waals surface area contributed by atoms with Crippen LogP contribution in [-0.2, 0) is 6.54 Å². The maximum Gasteiger partial charge on any atom is 0.253 e. The second kappa shape index (κ2) is 6.29. The van der Waals surface area contributed by atoms with Crippen LogP contribution >= 0.6 is 27.5 Å². The van der Waals surface area contributed by atoms with E-state index < -0.39 is 0 Å². The molecule has 0 bridgehead atoms. The SMILES string of the molecule is CN(Cc1ccccc1O)C(=O)c1ccc(Cl)c(Br)c1. The van der Waals surface area contributed by atoms with Crippen molar-refractivity contribution in [1.82, 2.24) is 4.90 Å². The molecule has 0 unspecified atom stereocenters. The monoisotopic (exact) mass is 353 g/mol. The summed E-state index contributed by atoms with van der Waals surface area (Å²) in [5.41, 5.74) is 1.25. The summed E-state index contributed by atoms with van der Waals surface area (Å²) in [6, 6.07) is 12.0. The van der Waals surface area contributed by atoms with Crippen LogP contribution in [0.25, 0.3) is 0 Å². The molecule has 2 aromatic rings. The third-order valence-corrected chi connectivity index (χ3v) is 4.13. The van der Waals surface area contributed by atoms with Crippen LogP contribution in [0.1, 0.15) is 15.9 Å². The molecular weight excluding hydrogens is 342 g/mol. The van der Waals surface area contributed by atoms with Crippen molar-refractivity contribution in [3.63, 3.8) is 0 Å². The predicted molar refractivity (Wildman–Crippen MR) is 83.1 cm³/mol. The van der Waals surface area contributed by atoms with Gasteiger partial charge in [-0.05, 0) is 40.2 Å². The smallest absolute Gasteiger partial charge is 0.253 e. The van der Waals surface area contributed by atoms with Crippen molar-refractivity contribution in [3.8, 4) is 5.75 Å². The van der Waals surface area contributed by atoms with Crippen LogP contribution in [0.5, 0.6) is 5.75 Å². The summed E-state index contributed by atoms with van der Waals surface area (Å²) in [4.78, 5) is 13.9. The molecule has 0 aliphatic carbocycles. The number of halogens is 2. The second-order valence-corrected chi connectivity index (χ2v) is 5.68. The van der Waals surface area contributed by atoms with Crippen molar-refractivity contribution in [1.29, 1.82) is 0 Å². The molecule has 0 spiro atoms. The number of para-hydroxylation sites is 1. The van der Waals surface area contributed by atoms with Crippen LogP contribution in [0.15, 0.2) is 46.9 Å². The predicted octanol–water partition coefficient (Wildman–Crippen LogP) is 4.08. The largest absolute Gasteiger partial charge is 0.508 e. The van der Waals surface area contributed by atoms with Gasteiger partial charge in [-0.15, -0.1) is 0 Å². The average Bonchev–Trinajstić information content (AvgIpc) is 2.43. The number of hydrogen-bond donors (Lipinski definition) is 1. The van der Waals surface area contributed by atoms with Crippen molar-refractivity contribution in [3.05, 3.63) is 63.1 Å². The van der Waals surface area contributed by atoms with Gasteiger partial charge in [0.1, 0.15) is 5.75 Å². The Hall–Kier alpha value is -1.52. The van der Waals surface area contributed by atoms with Gasteiger partial charge in [-0.1, -0.05) is 29.8 Å². The quantitative estimate of drug-likeness (QED) is 0.902. The van der Waals surface area contributed by atoms with Gasteiger partial charge in [0.05, 0.1) is 5.02 Å². The molecule has 0 aliphatic rings. The van der Waals surface area contributed by atoms with Gasteiger partial charge >= 0.3 is 0 Å². The van der Waals surface area contributed by atoms with Crippen LogP contribution in [0.3, 0.4) is 0 Å². The topological polar surface area (TPSA) is 40.5 Å². The molecule has 0 saturated carbocycles. The van der Waals surface area contributed by atoms with E-state index >= 15 is 0 Å². The molecule has 0 saturated heterocycles. The lowest BCUT2D eigenvalue weighted by molar-refractivity contribution is 0.0784. The number of rotatable bonds is 3. The lowest BCUT2D eigenvalue weighted by atomic mass is 10.1. The van der Waals surface area contributed by atoms with E-state index in [0.29, 0.717) is 27.2 Å². The summed E-state index contributed by atoms with van der Waals surface area (Å²) in [7, 11) is 1.69. The highest BCUT2D eigenvalue weighted by molar-refractivity contribution is 9.10. The van der Waals surface area contributed by atoms with Crippen molar-refractivity contribution in [2.24, 2.45) is 0 Å². The maximum atomic E-state index is 12.3. The Balaban J connectivity index is 2.16. The number of aromatic hydroxyl groups is 1. The maximum absolute atomic E-state index is 12.3. The van der Waals surface area contributed by atoms with E-state index in [-0.39, 0.29) is 11.7 Å². The van der Waals surface area contributed by atoms with Crippen molar-refractivity contribution < 1.29 is 9.90 Å². The van der Waals surface area contributed by atoms with E-state index in [1.54, 1.807) is 48.3 Å². The molecule has 5 heteroatoms. The fourth-order valence-electron chi connectivity index (χ4n) is 1.82. The number of carbonyl (C=O) groups excluding carboxylic acids is 1. The molecule has 0 radical (unpaired) electrons. The first kappa shape index (κ1) is 14.9. The number of carbonyl (C=O) groups is 1. The van der Waals surface area contributed by atoms with Gasteiger partial charge in [-0.3, -0.25) is 4.79 Å². The number of nitrogens with zero attached hydrogens (tertiary/aromatic N) is 1. The van der Waals surface area contributed by atoms with Crippen LogP contribution in [-0.4, -0.2) is 23.0 Å². The molecule has 0 aliphatic heterocycles. The van der Waals surface area contributed by atoms with Gasteiger partial charge < -0.3 is 10.0 Å². The minimum Gasteiger partial charge on any atom is -0.508 e. The fraction of sp³-hybridized carbons (Fsp3) is 0.133. The summed E-state index contributed by atoms with van der Waals surface area (Å²) in [5, 5.41) is 10.3. The lowest BCUT2D eigenvalue weighted by Crippen LogP contribution is -2.26. The lowest BCUT2D eigenvalue weighted by Gasteiger charge is -2.18. The molecule has 1 N–H and O–H groups in total. The highest BCUT2D eigenvalue weighted by atomic mass is 79.9. The zero-order chi connectivity index (χ0) is 14.7. The minimum atomic E-state index is -0.134. The first-order chi connectivity index (χ1) is 9.49. The van der Waals surface area contributed by atoms with E-state index in [9.17, 15) is 9.90 Å². The van der Waals surface area contributed by atoms with E-state index in [1.165, 1.54) is 0 Å². The standard InChI is InChI=1S/C15H13BrClNO2/c1-18(9-11-4-2-3-5-14(11)19)15(20)10-6-7-13(17)12(16)8-10/h2-8,19H,9H2,1H3. The highest BCUT2D eigenvalue weighted by Crippen LogP contribution is 2.24. The Morgan fingerprint density at radius 2 is 2.00 bits per heavy atom. The molecule has 0 aromatic heterocycles. The Kier molecular flexibility index (Phi) is 4.68. The number of benzene rings is 2. The van der Waals surface area contributed by atoms with E-state index in [1.807, 2.05) is 6.07 Å². The third kappa shape index (κ3) is 3.32. The molecule has 104 valence electrons.